The largest absolute Gasteiger partial charge is 0.384 e. The van der Waals surface area contributed by atoms with E-state index in [4.69, 9.17) is 5.11 Å². The number of hydrogen-bond donors (Lipinski definition) is 1. The first-order valence-electron chi connectivity index (χ1n) is 5.56. The number of nitrogens with zero attached hydrogens (tertiary/aromatic N) is 2. The molecular weight excluding hydrogens is 231 g/mol. The molecule has 0 bridgehead atoms. The summed E-state index contributed by atoms with van der Waals surface area (Å²) in [6, 6.07) is 4.46. The van der Waals surface area contributed by atoms with Crippen LogP contribution in [-0.2, 0) is 6.54 Å². The third kappa shape index (κ3) is 2.96. The maximum Gasteiger partial charge on any atom is 0.124 e. The first kappa shape index (κ1) is 12.3. The zero-order valence-electron chi connectivity index (χ0n) is 10.0. The van der Waals surface area contributed by atoms with E-state index in [1.807, 2.05) is 13.1 Å². The molecule has 18 heavy (non-hydrogen) atoms. The Morgan fingerprint density at radius 1 is 1.44 bits per heavy atom. The van der Waals surface area contributed by atoms with Gasteiger partial charge in [-0.15, -0.1) is 0 Å². The van der Waals surface area contributed by atoms with E-state index in [1.54, 1.807) is 16.9 Å². The van der Waals surface area contributed by atoms with Gasteiger partial charge in [0, 0.05) is 11.8 Å². The molecule has 2 rings (SSSR count). The van der Waals surface area contributed by atoms with Gasteiger partial charge < -0.3 is 5.11 Å². The summed E-state index contributed by atoms with van der Waals surface area (Å²) in [6.45, 7) is 2.25. The van der Waals surface area contributed by atoms with Gasteiger partial charge in [0.15, 0.2) is 0 Å². The lowest BCUT2D eigenvalue weighted by molar-refractivity contribution is 0.350. The van der Waals surface area contributed by atoms with Crippen molar-refractivity contribution in [2.75, 3.05) is 6.61 Å². The standard InChI is InChI=1S/C14H13FN2O/c1-11-8-16-17(9-11)10-13-4-5-14(15)7-12(13)3-2-6-18/h4-5,7-9,18H,6,10H2,1H3. The predicted molar refractivity (Wildman–Crippen MR) is 66.4 cm³/mol. The van der Waals surface area contributed by atoms with Crippen LogP contribution in [0.15, 0.2) is 30.6 Å². The minimum absolute atomic E-state index is 0.239. The number of aliphatic hydroxyl groups excluding tert-OH is 1. The second kappa shape index (κ2) is 5.48. The number of hydrogen-bond acceptors (Lipinski definition) is 2. The molecule has 0 saturated heterocycles. The Kier molecular flexibility index (Phi) is 3.75. The van der Waals surface area contributed by atoms with Crippen molar-refractivity contribution >= 4 is 0 Å². The topological polar surface area (TPSA) is 38.0 Å². The molecular formula is C14H13FN2O. The number of halogens is 1. The van der Waals surface area contributed by atoms with Crippen LogP contribution in [0.5, 0.6) is 0 Å². The lowest BCUT2D eigenvalue weighted by Crippen LogP contribution is -2.02. The Bertz CT molecular complexity index is 608. The van der Waals surface area contributed by atoms with Gasteiger partial charge in [0.05, 0.1) is 12.7 Å². The Morgan fingerprint density at radius 3 is 2.94 bits per heavy atom. The SMILES string of the molecule is Cc1cnn(Cc2ccc(F)cc2C#CCO)c1. The zero-order valence-corrected chi connectivity index (χ0v) is 10.0. The summed E-state index contributed by atoms with van der Waals surface area (Å²) in [5.41, 5.74) is 2.53. The monoisotopic (exact) mass is 244 g/mol. The number of rotatable bonds is 2. The molecule has 1 aromatic carbocycles. The maximum atomic E-state index is 13.2. The van der Waals surface area contributed by atoms with Crippen molar-refractivity contribution < 1.29 is 9.50 Å². The van der Waals surface area contributed by atoms with Crippen molar-refractivity contribution in [3.05, 3.63) is 53.1 Å². The average Bonchev–Trinajstić information content (AvgIpc) is 2.75. The zero-order chi connectivity index (χ0) is 13.0. The van der Waals surface area contributed by atoms with E-state index in [0.29, 0.717) is 12.1 Å². The van der Waals surface area contributed by atoms with E-state index in [1.165, 1.54) is 12.1 Å². The lowest BCUT2D eigenvalue weighted by Gasteiger charge is -2.05. The highest BCUT2D eigenvalue weighted by Gasteiger charge is 2.04. The van der Waals surface area contributed by atoms with Gasteiger partial charge in [0.1, 0.15) is 12.4 Å². The smallest absolute Gasteiger partial charge is 0.124 e. The first-order valence-corrected chi connectivity index (χ1v) is 5.56. The third-order valence-corrected chi connectivity index (χ3v) is 2.47. The second-order valence-corrected chi connectivity index (χ2v) is 3.98. The number of benzene rings is 1. The Morgan fingerprint density at radius 2 is 2.28 bits per heavy atom. The minimum Gasteiger partial charge on any atom is -0.384 e. The summed E-state index contributed by atoms with van der Waals surface area (Å²) in [4.78, 5) is 0. The van der Waals surface area contributed by atoms with Crippen LogP contribution in [0.3, 0.4) is 0 Å². The molecule has 1 N–H and O–H groups in total. The Labute approximate surface area is 105 Å². The van der Waals surface area contributed by atoms with E-state index >= 15 is 0 Å². The second-order valence-electron chi connectivity index (χ2n) is 3.98. The van der Waals surface area contributed by atoms with Gasteiger partial charge in [0.25, 0.3) is 0 Å². The molecule has 0 atom stereocenters. The molecule has 0 saturated carbocycles. The van der Waals surface area contributed by atoms with Crippen molar-refractivity contribution in [3.8, 4) is 11.8 Å². The van der Waals surface area contributed by atoms with Crippen molar-refractivity contribution in [1.29, 1.82) is 0 Å². The molecule has 0 aliphatic carbocycles. The van der Waals surface area contributed by atoms with Crippen LogP contribution < -0.4 is 0 Å². The molecule has 1 aromatic heterocycles. The first-order chi connectivity index (χ1) is 8.69. The van der Waals surface area contributed by atoms with Crippen molar-refractivity contribution in [1.82, 2.24) is 9.78 Å². The molecule has 0 aliphatic heterocycles. The Hall–Kier alpha value is -2.12. The van der Waals surface area contributed by atoms with Crippen LogP contribution in [0.4, 0.5) is 4.39 Å². The molecule has 92 valence electrons. The Balaban J connectivity index is 2.31. The van der Waals surface area contributed by atoms with E-state index < -0.39 is 0 Å². The van der Waals surface area contributed by atoms with Crippen LogP contribution in [0.25, 0.3) is 0 Å². The summed E-state index contributed by atoms with van der Waals surface area (Å²) < 4.78 is 14.9. The summed E-state index contributed by atoms with van der Waals surface area (Å²) in [7, 11) is 0. The number of aryl methyl sites for hydroxylation is 1. The molecule has 0 amide bonds. The van der Waals surface area contributed by atoms with E-state index in [-0.39, 0.29) is 12.4 Å². The number of aliphatic hydroxyl groups is 1. The van der Waals surface area contributed by atoms with Gasteiger partial charge in [-0.25, -0.2) is 4.39 Å². The quantitative estimate of drug-likeness (QED) is 0.817. The highest BCUT2D eigenvalue weighted by molar-refractivity contribution is 5.41. The fraction of sp³-hybridized carbons (Fsp3) is 0.214. The summed E-state index contributed by atoms with van der Waals surface area (Å²) in [5, 5.41) is 12.9. The van der Waals surface area contributed by atoms with Gasteiger partial charge >= 0.3 is 0 Å². The van der Waals surface area contributed by atoms with Crippen molar-refractivity contribution in [3.63, 3.8) is 0 Å². The highest BCUT2D eigenvalue weighted by Crippen LogP contribution is 2.12. The minimum atomic E-state index is -0.336. The molecule has 2 aromatic rings. The fourth-order valence-corrected chi connectivity index (χ4v) is 1.67. The van der Waals surface area contributed by atoms with E-state index in [9.17, 15) is 4.39 Å². The van der Waals surface area contributed by atoms with Crippen LogP contribution in [0.2, 0.25) is 0 Å². The fourth-order valence-electron chi connectivity index (χ4n) is 1.67. The molecule has 0 fully saturated rings. The highest BCUT2D eigenvalue weighted by atomic mass is 19.1. The van der Waals surface area contributed by atoms with Gasteiger partial charge in [-0.1, -0.05) is 17.9 Å². The lowest BCUT2D eigenvalue weighted by atomic mass is 10.1. The molecule has 3 nitrogen and oxygen atoms in total. The molecule has 0 spiro atoms. The summed E-state index contributed by atoms with van der Waals surface area (Å²) in [6.07, 6.45) is 3.68. The molecule has 1 heterocycles. The van der Waals surface area contributed by atoms with Crippen LogP contribution in [-0.4, -0.2) is 21.5 Å². The van der Waals surface area contributed by atoms with Gasteiger partial charge in [-0.2, -0.15) is 5.10 Å². The predicted octanol–water partition coefficient (Wildman–Crippen LogP) is 1.72. The molecule has 0 radical (unpaired) electrons. The van der Waals surface area contributed by atoms with E-state index in [0.717, 1.165) is 11.1 Å². The normalized spacial score (nSPS) is 9.94. The molecule has 4 heteroatoms. The van der Waals surface area contributed by atoms with Crippen LogP contribution in [0.1, 0.15) is 16.7 Å². The summed E-state index contributed by atoms with van der Waals surface area (Å²) in [5.74, 6) is 4.95. The van der Waals surface area contributed by atoms with Crippen molar-refractivity contribution in [2.24, 2.45) is 0 Å². The molecule has 0 aliphatic rings. The van der Waals surface area contributed by atoms with Gasteiger partial charge in [-0.3, -0.25) is 4.68 Å². The molecule has 0 unspecified atom stereocenters. The van der Waals surface area contributed by atoms with E-state index in [2.05, 4.69) is 16.9 Å². The van der Waals surface area contributed by atoms with Gasteiger partial charge in [0.2, 0.25) is 0 Å². The maximum absolute atomic E-state index is 13.2. The van der Waals surface area contributed by atoms with Crippen LogP contribution in [0, 0.1) is 24.6 Å². The third-order valence-electron chi connectivity index (χ3n) is 2.47. The van der Waals surface area contributed by atoms with Crippen molar-refractivity contribution in [2.45, 2.75) is 13.5 Å². The van der Waals surface area contributed by atoms with Gasteiger partial charge in [-0.05, 0) is 30.2 Å². The van der Waals surface area contributed by atoms with Crippen LogP contribution >= 0.6 is 0 Å². The summed E-state index contributed by atoms with van der Waals surface area (Å²) >= 11 is 0. The average molecular weight is 244 g/mol. The number of aromatic nitrogens is 2.